The molecule has 3 N–H and O–H groups in total. The Morgan fingerprint density at radius 2 is 1.51 bits per heavy atom. The molecule has 15 nitrogen and oxygen atoms in total. The molecule has 278 valence electrons. The summed E-state index contributed by atoms with van der Waals surface area (Å²) in [4.78, 5) is 75.2. The number of nitrogens with two attached hydrogens (primary N) is 1. The molecule has 0 aliphatic carbocycles. The van der Waals surface area contributed by atoms with Crippen molar-refractivity contribution in [3.63, 3.8) is 0 Å². The number of carbonyl (C=O) groups is 4. The van der Waals surface area contributed by atoms with E-state index in [0.717, 1.165) is 16.3 Å². The zero-order chi connectivity index (χ0) is 39.1. The second-order valence-corrected chi connectivity index (χ2v) is 11.8. The van der Waals surface area contributed by atoms with Crippen LogP contribution < -0.4 is 16.6 Å². The number of esters is 2. The van der Waals surface area contributed by atoms with Gasteiger partial charge in [0.1, 0.15) is 40.9 Å². The maximum Gasteiger partial charge on any atom is 0.337 e. The van der Waals surface area contributed by atoms with Crippen LogP contribution in [0.3, 0.4) is 0 Å². The van der Waals surface area contributed by atoms with E-state index in [1.165, 1.54) is 63.1 Å². The van der Waals surface area contributed by atoms with Crippen LogP contribution in [-0.4, -0.2) is 63.4 Å². The molecule has 0 bridgehead atoms. The average Bonchev–Trinajstić information content (AvgIpc) is 3.86. The lowest BCUT2D eigenvalue weighted by Crippen LogP contribution is -2.45. The normalized spacial score (nSPS) is 11.3. The topological polar surface area (TPSA) is 212 Å². The molecular weight excluding hydrogens is 715 g/mol. The summed E-state index contributed by atoms with van der Waals surface area (Å²) in [7, 11) is 2.59. The molecule has 1 atom stereocenters. The Hall–Kier alpha value is -7.49. The van der Waals surface area contributed by atoms with Crippen LogP contribution in [0.2, 0.25) is 0 Å². The highest BCUT2D eigenvalue weighted by molar-refractivity contribution is 6.01. The van der Waals surface area contributed by atoms with Crippen LogP contribution in [0.5, 0.6) is 0 Å². The first-order valence-electron chi connectivity index (χ1n) is 16.4. The zero-order valence-corrected chi connectivity index (χ0v) is 29.2. The predicted octanol–water partition coefficient (Wildman–Crippen LogP) is 4.78. The van der Waals surface area contributed by atoms with Crippen LogP contribution in [0, 0.1) is 5.82 Å². The maximum absolute atomic E-state index is 13.6. The second-order valence-electron chi connectivity index (χ2n) is 11.8. The van der Waals surface area contributed by atoms with Crippen LogP contribution in [0.25, 0.3) is 33.6 Å². The van der Waals surface area contributed by atoms with Crippen molar-refractivity contribution in [3.05, 3.63) is 142 Å². The Balaban J connectivity index is 0.000000332. The standard InChI is InChI=1S/C30H24FN5O6.C9H7NO3/c1-41-30(40)19-9-12-24-22(14-19)35-28(42-24)26(38)23(13-17-5-3-2-4-6-17)34-25(37)16-36-27(33-15-21(32)29(36)39)18-7-10-20(31)11-8-18;1-12-9(11)6-2-3-8-7(4-6)10-5-13-8/h2-12,14-15,23H,13,16,32H2,1H3,(H,34,37);2-5H,1H3. The molecule has 0 fully saturated rings. The minimum absolute atomic E-state index is 0.0897. The van der Waals surface area contributed by atoms with E-state index in [-0.39, 0.29) is 46.5 Å². The van der Waals surface area contributed by atoms with Gasteiger partial charge < -0.3 is 29.4 Å². The first kappa shape index (κ1) is 37.3. The molecule has 0 radical (unpaired) electrons. The largest absolute Gasteiger partial charge is 0.465 e. The molecule has 0 saturated heterocycles. The summed E-state index contributed by atoms with van der Waals surface area (Å²) in [6, 6.07) is 22.4. The number of ketones is 1. The van der Waals surface area contributed by atoms with Gasteiger partial charge in [-0.2, -0.15) is 0 Å². The molecule has 1 amide bonds. The number of nitrogens with zero attached hydrogens (tertiary/aromatic N) is 4. The molecule has 16 heteroatoms. The Kier molecular flexibility index (Phi) is 11.2. The summed E-state index contributed by atoms with van der Waals surface area (Å²) in [6.07, 6.45) is 2.59. The third kappa shape index (κ3) is 8.60. The summed E-state index contributed by atoms with van der Waals surface area (Å²) in [5, 5.41) is 2.68. The second kappa shape index (κ2) is 16.5. The van der Waals surface area contributed by atoms with Gasteiger partial charge in [0.05, 0.1) is 31.5 Å². The minimum atomic E-state index is -1.13. The molecule has 0 aliphatic rings. The van der Waals surface area contributed by atoms with Crippen molar-refractivity contribution >= 4 is 51.5 Å². The highest BCUT2D eigenvalue weighted by Gasteiger charge is 2.28. The van der Waals surface area contributed by atoms with Crippen LogP contribution in [0.4, 0.5) is 10.1 Å². The van der Waals surface area contributed by atoms with Gasteiger partial charge in [0, 0.05) is 12.0 Å². The Labute approximate surface area is 310 Å². The highest BCUT2D eigenvalue weighted by Crippen LogP contribution is 2.21. The number of fused-ring (bicyclic) bond motifs is 2. The van der Waals surface area contributed by atoms with Gasteiger partial charge in [-0.3, -0.25) is 19.0 Å². The van der Waals surface area contributed by atoms with E-state index < -0.39 is 41.6 Å². The number of aromatic nitrogens is 4. The van der Waals surface area contributed by atoms with E-state index in [2.05, 4.69) is 25.0 Å². The van der Waals surface area contributed by atoms with Gasteiger partial charge in [-0.1, -0.05) is 30.3 Å². The Bertz CT molecular complexity index is 2580. The monoisotopic (exact) mass is 746 g/mol. The molecule has 7 rings (SSSR count). The maximum atomic E-state index is 13.6. The molecule has 55 heavy (non-hydrogen) atoms. The Morgan fingerprint density at radius 3 is 2.18 bits per heavy atom. The number of nitrogens with one attached hydrogen (secondary N) is 1. The number of hydrogen-bond acceptors (Lipinski definition) is 13. The van der Waals surface area contributed by atoms with E-state index in [0.29, 0.717) is 22.2 Å². The van der Waals surface area contributed by atoms with Crippen LogP contribution in [0.15, 0.2) is 117 Å². The molecule has 3 aromatic heterocycles. The van der Waals surface area contributed by atoms with Gasteiger partial charge in [0.15, 0.2) is 17.6 Å². The first-order valence-corrected chi connectivity index (χ1v) is 16.4. The summed E-state index contributed by atoms with van der Waals surface area (Å²) in [5.74, 6) is -2.92. The lowest BCUT2D eigenvalue weighted by molar-refractivity contribution is -0.122. The number of methoxy groups -OCH3 is 2. The molecule has 0 saturated carbocycles. The van der Waals surface area contributed by atoms with Crippen LogP contribution in [0.1, 0.15) is 37.0 Å². The van der Waals surface area contributed by atoms with Gasteiger partial charge in [0.25, 0.3) is 11.4 Å². The van der Waals surface area contributed by atoms with E-state index in [4.69, 9.17) is 19.3 Å². The molecule has 4 aromatic carbocycles. The molecule has 0 spiro atoms. The van der Waals surface area contributed by atoms with Gasteiger partial charge in [-0.25, -0.2) is 28.9 Å². The summed E-state index contributed by atoms with van der Waals surface area (Å²) < 4.78 is 34.5. The van der Waals surface area contributed by atoms with Crippen molar-refractivity contribution in [1.29, 1.82) is 0 Å². The lowest BCUT2D eigenvalue weighted by Gasteiger charge is -2.18. The van der Waals surface area contributed by atoms with Crippen LogP contribution in [-0.2, 0) is 27.2 Å². The predicted molar refractivity (Wildman–Crippen MR) is 195 cm³/mol. The number of oxazole rings is 2. The number of nitrogen functional groups attached to an aromatic ring is 1. The van der Waals surface area contributed by atoms with Gasteiger partial charge in [-0.05, 0) is 66.2 Å². The van der Waals surface area contributed by atoms with Crippen molar-refractivity contribution < 1.29 is 41.9 Å². The number of amides is 1. The number of anilines is 1. The van der Waals surface area contributed by atoms with Gasteiger partial charge in [0.2, 0.25) is 11.7 Å². The lowest BCUT2D eigenvalue weighted by atomic mass is 10.0. The Morgan fingerprint density at radius 1 is 0.855 bits per heavy atom. The number of hydrogen-bond donors (Lipinski definition) is 2. The summed E-state index contributed by atoms with van der Waals surface area (Å²) >= 11 is 0. The third-order valence-electron chi connectivity index (χ3n) is 8.18. The first-order chi connectivity index (χ1) is 26.5. The SMILES string of the molecule is COC(=O)c1ccc2oc(C(=O)C(Cc3ccccc3)NC(=O)Cn3c(-c4ccc(F)cc4)ncc(N)c3=O)nc2c1.COC(=O)c1ccc2ocnc2c1. The average molecular weight is 747 g/mol. The number of halogens is 1. The van der Waals surface area contributed by atoms with E-state index in [9.17, 15) is 28.4 Å². The van der Waals surface area contributed by atoms with Crippen molar-refractivity contribution in [1.82, 2.24) is 24.8 Å². The molecule has 3 heterocycles. The number of carbonyl (C=O) groups excluding carboxylic acids is 4. The quantitative estimate of drug-likeness (QED) is 0.143. The molecule has 7 aromatic rings. The van der Waals surface area contributed by atoms with E-state index >= 15 is 0 Å². The number of benzene rings is 4. The molecule has 1 unspecified atom stereocenters. The van der Waals surface area contributed by atoms with Crippen molar-refractivity contribution in [2.45, 2.75) is 19.0 Å². The molecule has 0 aliphatic heterocycles. The fourth-order valence-corrected chi connectivity index (χ4v) is 5.46. The number of rotatable bonds is 10. The van der Waals surface area contributed by atoms with Crippen molar-refractivity contribution in [2.24, 2.45) is 0 Å². The highest BCUT2D eigenvalue weighted by atomic mass is 19.1. The number of Topliss-reactive ketones (excluding diaryl/α,β-unsaturated/α-hetero) is 1. The summed E-state index contributed by atoms with van der Waals surface area (Å²) in [6.45, 7) is -0.530. The molecular formula is C39H31FN6O9. The van der Waals surface area contributed by atoms with Crippen LogP contribution >= 0.6 is 0 Å². The van der Waals surface area contributed by atoms with E-state index in [1.54, 1.807) is 42.5 Å². The minimum Gasteiger partial charge on any atom is -0.465 e. The fraction of sp³-hybridized carbons (Fsp3) is 0.128. The zero-order valence-electron chi connectivity index (χ0n) is 29.2. The van der Waals surface area contributed by atoms with Gasteiger partial charge in [-0.15, -0.1) is 0 Å². The third-order valence-corrected chi connectivity index (χ3v) is 8.18. The number of ether oxygens (including phenoxy) is 2. The van der Waals surface area contributed by atoms with Crippen molar-refractivity contribution in [3.8, 4) is 11.4 Å². The summed E-state index contributed by atoms with van der Waals surface area (Å²) in [5.41, 5.74) is 8.58. The smallest absolute Gasteiger partial charge is 0.337 e. The fourth-order valence-electron chi connectivity index (χ4n) is 5.46. The van der Waals surface area contributed by atoms with E-state index in [1.807, 2.05) is 6.07 Å². The van der Waals surface area contributed by atoms with Crippen molar-refractivity contribution in [2.75, 3.05) is 20.0 Å². The van der Waals surface area contributed by atoms with Gasteiger partial charge >= 0.3 is 11.9 Å².